The summed E-state index contributed by atoms with van der Waals surface area (Å²) in [6.45, 7) is 13.5. The van der Waals surface area contributed by atoms with E-state index in [2.05, 4.69) is 41.4 Å². The summed E-state index contributed by atoms with van der Waals surface area (Å²) in [5.41, 5.74) is 0.239. The van der Waals surface area contributed by atoms with Crippen LogP contribution < -0.4 is 0 Å². The fourth-order valence-electron chi connectivity index (χ4n) is 0.845. The van der Waals surface area contributed by atoms with E-state index in [0.717, 1.165) is 0 Å². The first-order valence-electron chi connectivity index (χ1n) is 3.75. The number of hydrogen-bond donors (Lipinski definition) is 0. The van der Waals surface area contributed by atoms with E-state index in [0.29, 0.717) is 0 Å². The molecule has 70 valence electrons. The maximum absolute atomic E-state index is 5.16. The molecule has 0 atom stereocenters. The molecule has 9 heteroatoms. The van der Waals surface area contributed by atoms with Crippen molar-refractivity contribution < 1.29 is 13.8 Å². The Hall–Kier alpha value is -1.34. The fraction of sp³-hybridized carbons (Fsp3) is 0. The lowest BCUT2D eigenvalue weighted by Crippen LogP contribution is -2.29. The van der Waals surface area contributed by atoms with Crippen molar-refractivity contribution in [3.05, 3.63) is 12.2 Å². The van der Waals surface area contributed by atoms with Gasteiger partial charge in [-0.2, -0.15) is 0 Å². The van der Waals surface area contributed by atoms with Gasteiger partial charge in [0.25, 0.3) is 0 Å². The minimum absolute atomic E-state index is 0.239. The molecule has 0 saturated carbocycles. The molecule has 0 spiro atoms. The summed E-state index contributed by atoms with van der Waals surface area (Å²) in [5, 5.41) is 0. The Morgan fingerprint density at radius 1 is 0.929 bits per heavy atom. The SMILES string of the molecule is C=NB1OB(N=C)OC(=C)B(N=C)O1. The van der Waals surface area contributed by atoms with Crippen LogP contribution in [-0.2, 0) is 13.8 Å². The second-order valence-corrected chi connectivity index (χ2v) is 2.37. The van der Waals surface area contributed by atoms with Crippen LogP contribution in [0.3, 0.4) is 0 Å². The van der Waals surface area contributed by atoms with E-state index >= 15 is 0 Å². The third-order valence-electron chi connectivity index (χ3n) is 1.47. The predicted octanol–water partition coefficient (Wildman–Crippen LogP) is -0.338. The third kappa shape index (κ3) is 2.33. The highest BCUT2D eigenvalue weighted by molar-refractivity contribution is 6.72. The van der Waals surface area contributed by atoms with Gasteiger partial charge in [-0.05, 0) is 20.2 Å². The molecule has 1 heterocycles. The summed E-state index contributed by atoms with van der Waals surface area (Å²) in [7, 11) is -2.57. The molecule has 0 aromatic rings. The summed E-state index contributed by atoms with van der Waals surface area (Å²) in [4.78, 5) is 10.7. The van der Waals surface area contributed by atoms with Crippen molar-refractivity contribution in [3.63, 3.8) is 0 Å². The fourth-order valence-corrected chi connectivity index (χ4v) is 0.845. The van der Waals surface area contributed by atoms with E-state index in [1.807, 2.05) is 0 Å². The van der Waals surface area contributed by atoms with Gasteiger partial charge in [0, 0.05) is 0 Å². The summed E-state index contributed by atoms with van der Waals surface area (Å²) >= 11 is 0. The van der Waals surface area contributed by atoms with Crippen LogP contribution in [0.5, 0.6) is 0 Å². The molecule has 0 unspecified atom stereocenters. The molecule has 0 bridgehead atoms. The van der Waals surface area contributed by atoms with Crippen LogP contribution >= 0.6 is 0 Å². The maximum atomic E-state index is 5.16. The Balaban J connectivity index is 2.79. The molecule has 14 heavy (non-hydrogen) atoms. The van der Waals surface area contributed by atoms with Gasteiger partial charge < -0.3 is 18.7 Å². The molecule has 0 amide bonds. The Labute approximate surface area is 83.2 Å². The molecular formula is C5H8B3N3O3. The lowest BCUT2D eigenvalue weighted by atomic mass is 9.79. The smallest absolute Gasteiger partial charge is 0.524 e. The number of hydrogen-bond acceptors (Lipinski definition) is 6. The Morgan fingerprint density at radius 2 is 1.57 bits per heavy atom. The lowest BCUT2D eigenvalue weighted by molar-refractivity contribution is 0.365. The van der Waals surface area contributed by atoms with Crippen molar-refractivity contribution in [1.82, 2.24) is 0 Å². The Kier molecular flexibility index (Phi) is 3.67. The third-order valence-corrected chi connectivity index (χ3v) is 1.47. The van der Waals surface area contributed by atoms with E-state index in [-0.39, 0.29) is 5.66 Å². The van der Waals surface area contributed by atoms with Gasteiger partial charge in [-0.25, -0.2) is 0 Å². The first-order chi connectivity index (χ1) is 6.71. The quantitative estimate of drug-likeness (QED) is 0.452. The van der Waals surface area contributed by atoms with Gasteiger partial charge in [0.15, 0.2) is 0 Å². The minimum atomic E-state index is -0.916. The highest BCUT2D eigenvalue weighted by atomic mass is 16.7. The van der Waals surface area contributed by atoms with Gasteiger partial charge in [-0.1, -0.05) is 6.58 Å². The van der Waals surface area contributed by atoms with Crippen molar-refractivity contribution in [2.24, 2.45) is 14.7 Å². The van der Waals surface area contributed by atoms with Crippen molar-refractivity contribution in [1.29, 1.82) is 0 Å². The zero-order valence-corrected chi connectivity index (χ0v) is 7.63. The van der Waals surface area contributed by atoms with Gasteiger partial charge in [-0.3, -0.25) is 9.81 Å². The minimum Gasteiger partial charge on any atom is -0.524 e. The molecule has 0 aromatic carbocycles. The molecule has 0 aliphatic carbocycles. The van der Waals surface area contributed by atoms with Crippen molar-refractivity contribution in [3.8, 4) is 0 Å². The highest BCUT2D eigenvalue weighted by Crippen LogP contribution is 2.14. The van der Waals surface area contributed by atoms with Gasteiger partial charge in [0.2, 0.25) is 0 Å². The zero-order valence-electron chi connectivity index (χ0n) is 7.63. The average molecular weight is 191 g/mol. The molecule has 0 aromatic heterocycles. The molecule has 0 N–H and O–H groups in total. The molecule has 1 rings (SSSR count). The van der Waals surface area contributed by atoms with Crippen LogP contribution in [-0.4, -0.2) is 41.7 Å². The van der Waals surface area contributed by atoms with Gasteiger partial charge >= 0.3 is 21.6 Å². The summed E-state index contributed by atoms with van der Waals surface area (Å²) in [6.07, 6.45) is 0. The van der Waals surface area contributed by atoms with Crippen LogP contribution in [0.1, 0.15) is 0 Å². The second-order valence-electron chi connectivity index (χ2n) is 2.37. The molecule has 6 nitrogen and oxygen atoms in total. The second kappa shape index (κ2) is 4.78. The Morgan fingerprint density at radius 3 is 2.07 bits per heavy atom. The highest BCUT2D eigenvalue weighted by Gasteiger charge is 2.40. The van der Waals surface area contributed by atoms with E-state index < -0.39 is 21.6 Å². The maximum Gasteiger partial charge on any atom is 0.670 e. The van der Waals surface area contributed by atoms with E-state index in [4.69, 9.17) is 13.8 Å². The predicted molar refractivity (Wildman–Crippen MR) is 58.3 cm³/mol. The largest absolute Gasteiger partial charge is 0.670 e. The summed E-state index contributed by atoms with van der Waals surface area (Å²) in [6, 6.07) is 0. The molecule has 1 aliphatic heterocycles. The van der Waals surface area contributed by atoms with E-state index in [9.17, 15) is 0 Å². The van der Waals surface area contributed by atoms with Crippen molar-refractivity contribution in [2.75, 3.05) is 0 Å². The molecule has 1 saturated heterocycles. The van der Waals surface area contributed by atoms with Crippen LogP contribution in [0.2, 0.25) is 0 Å². The molecule has 1 fully saturated rings. The standard InChI is InChI=1S/C5H8B3N3O3/c1-5-6(9-2)13-8(11-4)14-7(10-3)12-5/h1-4H2. The van der Waals surface area contributed by atoms with Gasteiger partial charge in [-0.15, -0.1) is 0 Å². The van der Waals surface area contributed by atoms with E-state index in [1.165, 1.54) is 0 Å². The summed E-state index contributed by atoms with van der Waals surface area (Å²) < 4.78 is 15.3. The monoisotopic (exact) mass is 191 g/mol. The van der Waals surface area contributed by atoms with E-state index in [1.54, 1.807) is 0 Å². The number of rotatable bonds is 3. The average Bonchev–Trinajstić information content (AvgIpc) is 2.36. The zero-order chi connectivity index (χ0) is 10.6. The topological polar surface area (TPSA) is 64.8 Å². The van der Waals surface area contributed by atoms with Crippen LogP contribution in [0.25, 0.3) is 0 Å². The normalized spacial score (nSPS) is 17.1. The number of nitrogens with zero attached hydrogens (tertiary/aromatic N) is 3. The van der Waals surface area contributed by atoms with Gasteiger partial charge in [0.05, 0.1) is 5.66 Å². The van der Waals surface area contributed by atoms with Crippen molar-refractivity contribution >= 4 is 41.7 Å². The van der Waals surface area contributed by atoms with Crippen LogP contribution in [0.15, 0.2) is 26.9 Å². The molecule has 1 aliphatic rings. The Bertz CT molecular complexity index is 274. The first kappa shape index (κ1) is 10.7. The van der Waals surface area contributed by atoms with Crippen LogP contribution in [0.4, 0.5) is 0 Å². The summed E-state index contributed by atoms with van der Waals surface area (Å²) in [5.74, 6) is 0. The van der Waals surface area contributed by atoms with Gasteiger partial charge in [0.1, 0.15) is 0 Å². The van der Waals surface area contributed by atoms with Crippen LogP contribution in [0, 0.1) is 0 Å². The lowest BCUT2D eigenvalue weighted by Gasteiger charge is -2.07. The molecular weight excluding hydrogens is 183 g/mol. The molecule has 0 radical (unpaired) electrons. The van der Waals surface area contributed by atoms with Crippen molar-refractivity contribution in [2.45, 2.75) is 0 Å². The first-order valence-corrected chi connectivity index (χ1v) is 3.75.